The maximum atomic E-state index is 13.0. The minimum absolute atomic E-state index is 0.0530. The molecule has 0 amide bonds. The Morgan fingerprint density at radius 3 is 2.33 bits per heavy atom. The van der Waals surface area contributed by atoms with Gasteiger partial charge >= 0.3 is 0 Å². The van der Waals surface area contributed by atoms with Crippen LogP contribution in [0.3, 0.4) is 0 Å². The van der Waals surface area contributed by atoms with Crippen LogP contribution in [0, 0.1) is 0 Å². The quantitative estimate of drug-likeness (QED) is 0.448. The van der Waals surface area contributed by atoms with E-state index in [0.29, 0.717) is 12.0 Å². The van der Waals surface area contributed by atoms with Gasteiger partial charge in [-0.15, -0.1) is 0 Å². The van der Waals surface area contributed by atoms with E-state index in [1.165, 1.54) is 17.1 Å². The fourth-order valence-electron chi connectivity index (χ4n) is 3.97. The lowest BCUT2D eigenvalue weighted by Crippen LogP contribution is -2.44. The van der Waals surface area contributed by atoms with Crippen molar-refractivity contribution in [3.8, 4) is 11.1 Å². The Morgan fingerprint density at radius 2 is 1.73 bits per heavy atom. The molecule has 33 heavy (non-hydrogen) atoms. The van der Waals surface area contributed by atoms with Gasteiger partial charge in [-0.3, -0.25) is 9.59 Å². The van der Waals surface area contributed by atoms with Crippen LogP contribution in [-0.4, -0.2) is 43.5 Å². The van der Waals surface area contributed by atoms with Crippen LogP contribution in [-0.2, 0) is 32.3 Å². The average Bonchev–Trinajstić information content (AvgIpc) is 2.81. The first kappa shape index (κ1) is 24.9. The number of aromatic nitrogens is 1. The number of fused-ring (bicyclic) bond motifs is 1. The van der Waals surface area contributed by atoms with Crippen molar-refractivity contribution in [1.82, 2.24) is 4.57 Å². The lowest BCUT2D eigenvalue weighted by atomic mass is 9.99. The molecule has 0 spiro atoms. The van der Waals surface area contributed by atoms with Crippen molar-refractivity contribution >= 4 is 26.4 Å². The summed E-state index contributed by atoms with van der Waals surface area (Å²) in [6, 6.07) is 15.8. The Morgan fingerprint density at radius 1 is 1.06 bits per heavy atom. The molecule has 0 aliphatic heterocycles. The van der Waals surface area contributed by atoms with E-state index in [1.807, 2.05) is 18.2 Å². The second kappa shape index (κ2) is 10.0. The summed E-state index contributed by atoms with van der Waals surface area (Å²) in [6.45, 7) is 3.93. The molecule has 1 heterocycles. The monoisotopic (exact) mass is 469 g/mol. The maximum absolute atomic E-state index is 13.0. The van der Waals surface area contributed by atoms with Crippen molar-refractivity contribution in [2.45, 2.75) is 44.4 Å². The van der Waals surface area contributed by atoms with Crippen LogP contribution in [0.1, 0.15) is 32.3 Å². The summed E-state index contributed by atoms with van der Waals surface area (Å²) < 4.78 is 29.7. The SMILES string of the molecule is CCC(=O)[C@@](C)(CCn1ccc2cc(-c3ccc(CCOC)cc3)ccc2c1=O)S(C)(=O)=O. The minimum Gasteiger partial charge on any atom is -0.384 e. The molecule has 0 N–H and O–H groups in total. The summed E-state index contributed by atoms with van der Waals surface area (Å²) in [5, 5.41) is 1.37. The third-order valence-electron chi connectivity index (χ3n) is 6.42. The number of carbonyl (C=O) groups excluding carboxylic acids is 1. The molecular weight excluding hydrogens is 438 g/mol. The number of hydrogen-bond donors (Lipinski definition) is 0. The third-order valence-corrected chi connectivity index (χ3v) is 8.49. The van der Waals surface area contributed by atoms with Crippen molar-refractivity contribution in [2.75, 3.05) is 20.0 Å². The summed E-state index contributed by atoms with van der Waals surface area (Å²) >= 11 is 0. The molecule has 3 aromatic rings. The van der Waals surface area contributed by atoms with Gasteiger partial charge in [0.15, 0.2) is 15.6 Å². The highest BCUT2D eigenvalue weighted by Crippen LogP contribution is 2.26. The molecule has 2 aromatic carbocycles. The first-order valence-electron chi connectivity index (χ1n) is 11.0. The van der Waals surface area contributed by atoms with Crippen molar-refractivity contribution < 1.29 is 17.9 Å². The number of pyridine rings is 1. The van der Waals surface area contributed by atoms with Crippen LogP contribution in [0.15, 0.2) is 59.5 Å². The van der Waals surface area contributed by atoms with Gasteiger partial charge in [0.05, 0.1) is 6.61 Å². The number of nitrogens with zero attached hydrogens (tertiary/aromatic N) is 1. The summed E-state index contributed by atoms with van der Waals surface area (Å²) in [6.07, 6.45) is 3.79. The Kier molecular flexibility index (Phi) is 7.55. The van der Waals surface area contributed by atoms with E-state index in [-0.39, 0.29) is 30.7 Å². The van der Waals surface area contributed by atoms with Gasteiger partial charge in [0, 0.05) is 37.9 Å². The number of methoxy groups -OCH3 is 1. The molecule has 0 aliphatic rings. The molecule has 0 aliphatic carbocycles. The number of sulfone groups is 1. The number of benzene rings is 2. The van der Waals surface area contributed by atoms with Crippen LogP contribution in [0.5, 0.6) is 0 Å². The van der Waals surface area contributed by atoms with Gasteiger partial charge < -0.3 is 9.30 Å². The fraction of sp³-hybridized carbons (Fsp3) is 0.385. The molecule has 0 fully saturated rings. The van der Waals surface area contributed by atoms with Crippen molar-refractivity contribution in [2.24, 2.45) is 0 Å². The molecule has 3 rings (SSSR count). The minimum atomic E-state index is -3.62. The number of ether oxygens (including phenoxy) is 1. The second-order valence-corrected chi connectivity index (χ2v) is 11.0. The van der Waals surface area contributed by atoms with Crippen molar-refractivity contribution in [1.29, 1.82) is 0 Å². The van der Waals surface area contributed by atoms with Crippen LogP contribution in [0.2, 0.25) is 0 Å². The zero-order valence-electron chi connectivity index (χ0n) is 19.6. The topological polar surface area (TPSA) is 82.4 Å². The number of rotatable bonds is 10. The number of hydrogen-bond acceptors (Lipinski definition) is 5. The molecule has 0 saturated heterocycles. The normalized spacial score (nSPS) is 13.7. The molecule has 0 bridgehead atoms. The lowest BCUT2D eigenvalue weighted by molar-refractivity contribution is -0.121. The molecule has 1 atom stereocenters. The predicted octanol–water partition coefficient (Wildman–Crippen LogP) is 4.03. The number of carbonyl (C=O) groups is 1. The smallest absolute Gasteiger partial charge is 0.258 e. The maximum Gasteiger partial charge on any atom is 0.258 e. The molecule has 0 unspecified atom stereocenters. The largest absolute Gasteiger partial charge is 0.384 e. The first-order valence-corrected chi connectivity index (χ1v) is 12.9. The molecule has 6 nitrogen and oxygen atoms in total. The van der Waals surface area contributed by atoms with E-state index in [2.05, 4.69) is 24.3 Å². The van der Waals surface area contributed by atoms with Gasteiger partial charge in [0.1, 0.15) is 4.75 Å². The zero-order valence-corrected chi connectivity index (χ0v) is 20.4. The Balaban J connectivity index is 1.87. The van der Waals surface area contributed by atoms with Crippen LogP contribution in [0.25, 0.3) is 21.9 Å². The van der Waals surface area contributed by atoms with E-state index >= 15 is 0 Å². The highest BCUT2D eigenvalue weighted by atomic mass is 32.2. The van der Waals surface area contributed by atoms with E-state index in [0.717, 1.165) is 29.2 Å². The highest BCUT2D eigenvalue weighted by Gasteiger charge is 2.41. The van der Waals surface area contributed by atoms with Gasteiger partial charge in [-0.1, -0.05) is 37.3 Å². The zero-order chi connectivity index (χ0) is 24.2. The van der Waals surface area contributed by atoms with Crippen LogP contribution >= 0.6 is 0 Å². The molecule has 0 saturated carbocycles. The molecule has 1 aromatic heterocycles. The Labute approximate surface area is 195 Å². The third kappa shape index (κ3) is 5.25. The summed E-state index contributed by atoms with van der Waals surface area (Å²) in [7, 11) is -1.93. The fourth-order valence-corrected chi connectivity index (χ4v) is 4.99. The number of Topliss-reactive ketones (excluding diaryl/α,β-unsaturated/α-hetero) is 1. The number of ketones is 1. The Bertz CT molecular complexity index is 1310. The Hall–Kier alpha value is -2.77. The standard InChI is InChI=1S/C26H31NO5S/c1-5-24(28)26(2,33(4,30)31)14-16-27-15-12-22-18-21(10-11-23(22)25(27)29)20-8-6-19(7-9-20)13-17-32-3/h6-12,15,18H,5,13-14,16-17H2,1-4H3/t26-/m1/s1. The highest BCUT2D eigenvalue weighted by molar-refractivity contribution is 7.92. The number of aryl methyl sites for hydroxylation is 1. The van der Waals surface area contributed by atoms with Crippen LogP contribution in [0.4, 0.5) is 0 Å². The predicted molar refractivity (Wildman–Crippen MR) is 132 cm³/mol. The van der Waals surface area contributed by atoms with E-state index in [4.69, 9.17) is 4.74 Å². The van der Waals surface area contributed by atoms with Gasteiger partial charge in [0.2, 0.25) is 0 Å². The van der Waals surface area contributed by atoms with Gasteiger partial charge in [-0.25, -0.2) is 8.42 Å². The molecule has 7 heteroatoms. The van der Waals surface area contributed by atoms with Crippen molar-refractivity contribution in [3.63, 3.8) is 0 Å². The molecule has 176 valence electrons. The van der Waals surface area contributed by atoms with E-state index in [9.17, 15) is 18.0 Å². The first-order chi connectivity index (χ1) is 15.6. The van der Waals surface area contributed by atoms with Gasteiger partial charge in [0.25, 0.3) is 5.56 Å². The molecule has 0 radical (unpaired) electrons. The summed E-state index contributed by atoms with van der Waals surface area (Å²) in [4.78, 5) is 25.4. The van der Waals surface area contributed by atoms with Gasteiger partial charge in [-0.05, 0) is 60.0 Å². The summed E-state index contributed by atoms with van der Waals surface area (Å²) in [5.41, 5.74) is 3.07. The van der Waals surface area contributed by atoms with Crippen molar-refractivity contribution in [3.05, 3.63) is 70.6 Å². The van der Waals surface area contributed by atoms with E-state index in [1.54, 1.807) is 26.3 Å². The lowest BCUT2D eigenvalue weighted by Gasteiger charge is -2.26. The van der Waals surface area contributed by atoms with Gasteiger partial charge in [-0.2, -0.15) is 0 Å². The average molecular weight is 470 g/mol. The van der Waals surface area contributed by atoms with E-state index < -0.39 is 14.6 Å². The molecular formula is C26H31NO5S. The van der Waals surface area contributed by atoms with Crippen LogP contribution < -0.4 is 5.56 Å². The second-order valence-electron chi connectivity index (χ2n) is 8.59. The summed E-state index contributed by atoms with van der Waals surface area (Å²) in [5.74, 6) is -0.336.